The van der Waals surface area contributed by atoms with E-state index in [0.717, 1.165) is 47.1 Å². The number of carbonyl (C=O) groups is 4. The molecule has 8 aromatic rings. The molecule has 0 saturated heterocycles. The number of rotatable bonds is 11. The van der Waals surface area contributed by atoms with E-state index in [2.05, 4.69) is 53.5 Å². The van der Waals surface area contributed by atoms with Crippen LogP contribution in [0.2, 0.25) is 15.1 Å². The maximum Gasteiger partial charge on any atom is 0.268 e. The van der Waals surface area contributed by atoms with Gasteiger partial charge in [-0.25, -0.2) is 0 Å². The molecule has 9 rings (SSSR count). The minimum absolute atomic E-state index is 0.0217. The number of aromatic nitrogens is 3. The normalized spacial score (nSPS) is 13.3. The SMILES string of the molecule is CC1CC(=O)C(c2c(Cl)cc(Cl)cc2Cl)C1=O.CCCC(=O)NCc1ccc(O)c(OC)c1.CCc1cc(C(C)=O)c(O)cc1OC.CCn1sc2ccccc2c1=O.CCn1sccc1=O.Cn1ccc2ccccc21. The number of aryl methyl sites for hydroxylation is 4. The number of ether oxygens (including phenoxy) is 2. The smallest absolute Gasteiger partial charge is 0.268 e. The molecule has 0 spiro atoms. The first-order valence-corrected chi connectivity index (χ1v) is 27.5. The summed E-state index contributed by atoms with van der Waals surface area (Å²) in [5.74, 6) is -0.336. The highest BCUT2D eigenvalue weighted by atomic mass is 35.5. The first-order chi connectivity index (χ1) is 36.7. The number of carbonyl (C=O) groups excluding carboxylic acids is 4. The maximum atomic E-state index is 11.9. The van der Waals surface area contributed by atoms with E-state index in [9.17, 15) is 39.0 Å². The van der Waals surface area contributed by atoms with Crippen molar-refractivity contribution in [3.63, 3.8) is 0 Å². The number of benzene rings is 5. The zero-order valence-corrected chi connectivity index (χ0v) is 48.4. The number of phenolic OH excluding ortho intramolecular Hbond substituents is 2. The van der Waals surface area contributed by atoms with Crippen LogP contribution < -0.4 is 25.9 Å². The van der Waals surface area contributed by atoms with Crippen molar-refractivity contribution in [2.45, 2.75) is 92.8 Å². The molecule has 3 aromatic heterocycles. The van der Waals surface area contributed by atoms with Crippen LogP contribution >= 0.6 is 57.9 Å². The van der Waals surface area contributed by atoms with Crippen molar-refractivity contribution in [2.24, 2.45) is 13.0 Å². The number of methoxy groups -OCH3 is 2. The predicted molar refractivity (Wildman–Crippen MR) is 312 cm³/mol. The van der Waals surface area contributed by atoms with E-state index in [-0.39, 0.29) is 68.3 Å². The van der Waals surface area contributed by atoms with Gasteiger partial charge in [-0.3, -0.25) is 36.7 Å². The van der Waals surface area contributed by atoms with Gasteiger partial charge in [0.05, 0.1) is 29.9 Å². The van der Waals surface area contributed by atoms with Crippen LogP contribution in [-0.4, -0.2) is 60.2 Å². The van der Waals surface area contributed by atoms with Crippen molar-refractivity contribution < 1.29 is 38.9 Å². The molecule has 2 unspecified atom stereocenters. The summed E-state index contributed by atoms with van der Waals surface area (Å²) in [6.07, 6.45) is 4.47. The molecular formula is C58H65Cl3N4O10S2. The number of Topliss-reactive ketones (excluding diaryl/α,β-unsaturated/α-hetero) is 3. The first kappa shape index (κ1) is 62.8. The second-order valence-electron chi connectivity index (χ2n) is 17.3. The molecule has 1 aliphatic carbocycles. The summed E-state index contributed by atoms with van der Waals surface area (Å²) in [6.45, 7) is 13.0. The third-order valence-corrected chi connectivity index (χ3v) is 14.9. The minimum atomic E-state index is -0.831. The molecule has 2 atom stereocenters. The molecule has 77 heavy (non-hydrogen) atoms. The first-order valence-electron chi connectivity index (χ1n) is 24.7. The Hall–Kier alpha value is -6.69. The van der Waals surface area contributed by atoms with E-state index in [1.165, 1.54) is 66.2 Å². The van der Waals surface area contributed by atoms with Crippen LogP contribution in [0.5, 0.6) is 23.0 Å². The number of hydrogen-bond donors (Lipinski definition) is 3. The summed E-state index contributed by atoms with van der Waals surface area (Å²) in [5.41, 5.74) is 4.10. The Morgan fingerprint density at radius 1 is 0.779 bits per heavy atom. The Labute approximate surface area is 471 Å². The number of nitrogens with one attached hydrogen (secondary N) is 1. The van der Waals surface area contributed by atoms with Gasteiger partial charge in [0.2, 0.25) is 5.91 Å². The van der Waals surface area contributed by atoms with Gasteiger partial charge in [0, 0.05) is 95.3 Å². The Bertz CT molecular complexity index is 3370. The lowest BCUT2D eigenvalue weighted by atomic mass is 9.94. The molecule has 1 aliphatic rings. The van der Waals surface area contributed by atoms with Gasteiger partial charge in [-0.15, -0.1) is 0 Å². The number of aromatic hydroxyl groups is 2. The van der Waals surface area contributed by atoms with Crippen LogP contribution in [0.1, 0.15) is 93.8 Å². The van der Waals surface area contributed by atoms with E-state index < -0.39 is 5.92 Å². The Balaban J connectivity index is 0.000000202. The molecule has 0 aliphatic heterocycles. The van der Waals surface area contributed by atoms with Crippen LogP contribution in [0.4, 0.5) is 0 Å². The Morgan fingerprint density at radius 3 is 1.96 bits per heavy atom. The van der Waals surface area contributed by atoms with Crippen molar-refractivity contribution in [3.05, 3.63) is 173 Å². The van der Waals surface area contributed by atoms with Crippen molar-refractivity contribution in [1.82, 2.24) is 17.8 Å². The molecule has 410 valence electrons. The molecule has 14 nitrogen and oxygen atoms in total. The van der Waals surface area contributed by atoms with Gasteiger partial charge in [0.15, 0.2) is 23.1 Å². The van der Waals surface area contributed by atoms with Crippen molar-refractivity contribution >= 4 is 102 Å². The number of ketones is 3. The summed E-state index contributed by atoms with van der Waals surface area (Å²) in [4.78, 5) is 68.3. The van der Waals surface area contributed by atoms with E-state index in [4.69, 9.17) is 44.3 Å². The zero-order valence-electron chi connectivity index (χ0n) is 44.5. The van der Waals surface area contributed by atoms with Gasteiger partial charge in [0.25, 0.3) is 11.1 Å². The third kappa shape index (κ3) is 17.7. The number of nitrogens with zero attached hydrogens (tertiary/aromatic N) is 3. The van der Waals surface area contributed by atoms with Gasteiger partial charge >= 0.3 is 0 Å². The molecule has 1 saturated carbocycles. The average Bonchev–Trinajstić information content (AvgIpc) is 4.17. The highest BCUT2D eigenvalue weighted by molar-refractivity contribution is 7.13. The highest BCUT2D eigenvalue weighted by Crippen LogP contribution is 2.41. The molecule has 19 heteroatoms. The number of amides is 1. The predicted octanol–water partition coefficient (Wildman–Crippen LogP) is 13.1. The van der Waals surface area contributed by atoms with E-state index in [1.807, 2.05) is 52.0 Å². The fraction of sp³-hybridized carbons (Fsp3) is 0.310. The molecule has 5 aromatic carbocycles. The van der Waals surface area contributed by atoms with Crippen LogP contribution in [0, 0.1) is 5.92 Å². The zero-order chi connectivity index (χ0) is 56.9. The molecule has 3 N–H and O–H groups in total. The topological polar surface area (TPSA) is 188 Å². The van der Waals surface area contributed by atoms with Gasteiger partial charge in [0.1, 0.15) is 23.2 Å². The average molecular weight is 1150 g/mol. The molecular weight excluding hydrogens is 1080 g/mol. The number of hydrogen-bond acceptors (Lipinski definition) is 12. The van der Waals surface area contributed by atoms with Crippen LogP contribution in [-0.2, 0) is 47.5 Å². The largest absolute Gasteiger partial charge is 0.507 e. The summed E-state index contributed by atoms with van der Waals surface area (Å²) < 4.78 is 16.7. The molecule has 1 fully saturated rings. The van der Waals surface area contributed by atoms with E-state index >= 15 is 0 Å². The molecule has 1 amide bonds. The molecule has 3 heterocycles. The highest BCUT2D eigenvalue weighted by Gasteiger charge is 2.41. The lowest BCUT2D eigenvalue weighted by Gasteiger charge is -2.12. The van der Waals surface area contributed by atoms with Crippen LogP contribution in [0.15, 0.2) is 124 Å². The number of phenols is 2. The minimum Gasteiger partial charge on any atom is -0.507 e. The number of halogens is 3. The maximum absolute atomic E-state index is 11.9. The standard InChI is InChI=1S/C12H9Cl3O2.C12H17NO3.C11H14O3.C9H9NOS.C9H9N.C5H7NOS/c1-5-2-9(16)11(12(5)17)10-7(14)3-6(13)4-8(10)15;1-3-4-12(15)13-8-9-5-6-10(14)11(7-9)16-2;1-4-8-5-9(7(2)12)10(13)6-11(8)14-3;1-2-10-9(11)7-5-3-4-6-8(7)12-10;1-10-7-6-8-4-2-3-5-9(8)10;1-2-6-5(7)3-4-8-6/h3-5,11H,2H2,1H3;5-7,14H,3-4,8H2,1-2H3,(H,13,15);5-6,13H,4H2,1-3H3;3-6H,2H2,1H3;2-7H,1H3;3-4H,2H2,1H3. The van der Waals surface area contributed by atoms with Crippen LogP contribution in [0.3, 0.4) is 0 Å². The lowest BCUT2D eigenvalue weighted by Crippen LogP contribution is -2.21. The fourth-order valence-electron chi connectivity index (χ4n) is 7.78. The van der Waals surface area contributed by atoms with Gasteiger partial charge < -0.3 is 29.6 Å². The summed E-state index contributed by atoms with van der Waals surface area (Å²) in [7, 11) is 5.10. The lowest BCUT2D eigenvalue weighted by molar-refractivity contribution is -0.125. The van der Waals surface area contributed by atoms with Crippen molar-refractivity contribution in [2.75, 3.05) is 14.2 Å². The summed E-state index contributed by atoms with van der Waals surface area (Å²) >= 11 is 20.8. The monoisotopic (exact) mass is 1150 g/mol. The van der Waals surface area contributed by atoms with Gasteiger partial charge in [-0.1, -0.05) is 115 Å². The van der Waals surface area contributed by atoms with Crippen molar-refractivity contribution in [3.8, 4) is 23.0 Å². The van der Waals surface area contributed by atoms with E-state index in [1.54, 1.807) is 57.7 Å². The Morgan fingerprint density at radius 2 is 1.43 bits per heavy atom. The quantitative estimate of drug-likeness (QED) is 0.0830. The molecule has 0 radical (unpaired) electrons. The third-order valence-electron chi connectivity index (χ3n) is 11.9. The summed E-state index contributed by atoms with van der Waals surface area (Å²) in [5, 5.41) is 26.6. The number of para-hydroxylation sites is 1. The van der Waals surface area contributed by atoms with Crippen LogP contribution in [0.25, 0.3) is 21.0 Å². The number of fused-ring (bicyclic) bond motifs is 2. The van der Waals surface area contributed by atoms with Crippen molar-refractivity contribution in [1.29, 1.82) is 0 Å². The Kier molecular flexibility index (Phi) is 25.2. The summed E-state index contributed by atoms with van der Waals surface area (Å²) in [6, 6.07) is 30.9. The fourth-order valence-corrected chi connectivity index (χ4v) is 10.4. The van der Waals surface area contributed by atoms with E-state index in [0.29, 0.717) is 40.6 Å². The van der Waals surface area contributed by atoms with Gasteiger partial charge in [-0.2, -0.15) is 0 Å². The van der Waals surface area contributed by atoms with Gasteiger partial charge in [-0.05, 0) is 105 Å². The molecule has 0 bridgehead atoms. The second-order valence-corrected chi connectivity index (χ2v) is 20.6. The second kappa shape index (κ2) is 30.9.